The van der Waals surface area contributed by atoms with E-state index in [9.17, 15) is 22.4 Å². The Morgan fingerprint density at radius 3 is 2.64 bits per heavy atom. The van der Waals surface area contributed by atoms with Crippen LogP contribution in [-0.4, -0.2) is 42.0 Å². The first-order chi connectivity index (χ1) is 17.2. The maximum Gasteiger partial charge on any atom is 0.416 e. The highest BCUT2D eigenvalue weighted by molar-refractivity contribution is 6.07. The highest BCUT2D eigenvalue weighted by atomic mass is 19.4. The second-order valence-corrected chi connectivity index (χ2v) is 8.67. The van der Waals surface area contributed by atoms with E-state index in [1.807, 2.05) is 7.05 Å². The predicted octanol–water partition coefficient (Wildman–Crippen LogP) is 5.58. The Kier molecular flexibility index (Phi) is 7.73. The molecule has 0 aliphatic carbocycles. The number of nitrogens with one attached hydrogen (secondary N) is 2. The highest BCUT2D eigenvalue weighted by Crippen LogP contribution is 2.34. The summed E-state index contributed by atoms with van der Waals surface area (Å²) in [6, 6.07) is 12.2. The largest absolute Gasteiger partial charge is 0.492 e. The SMILES string of the molecule is CN1CCC[C@@H]1COc1cc(NC(=O)c2cccnc2NCc2ccc(F)cc2)cc(C(F)(F)F)c1. The molecule has 1 atom stereocenters. The number of ether oxygens (including phenoxy) is 1. The Bertz CT molecular complexity index is 1200. The first-order valence-corrected chi connectivity index (χ1v) is 11.5. The molecule has 0 spiro atoms. The van der Waals surface area contributed by atoms with E-state index in [1.165, 1.54) is 30.5 Å². The van der Waals surface area contributed by atoms with Gasteiger partial charge in [0.2, 0.25) is 0 Å². The molecule has 1 aromatic heterocycles. The number of carbonyl (C=O) groups excluding carboxylic acids is 1. The van der Waals surface area contributed by atoms with Crippen molar-refractivity contribution in [2.75, 3.05) is 30.8 Å². The van der Waals surface area contributed by atoms with Gasteiger partial charge >= 0.3 is 6.18 Å². The van der Waals surface area contributed by atoms with E-state index in [4.69, 9.17) is 4.74 Å². The van der Waals surface area contributed by atoms with Crippen molar-refractivity contribution in [2.24, 2.45) is 0 Å². The van der Waals surface area contributed by atoms with Gasteiger partial charge in [0.15, 0.2) is 0 Å². The van der Waals surface area contributed by atoms with Gasteiger partial charge in [0.1, 0.15) is 24.0 Å². The number of halogens is 4. The lowest BCUT2D eigenvalue weighted by atomic mass is 10.1. The third kappa shape index (κ3) is 6.51. The molecule has 0 bridgehead atoms. The van der Waals surface area contributed by atoms with Crippen LogP contribution in [0, 0.1) is 5.82 Å². The molecule has 1 aliphatic rings. The van der Waals surface area contributed by atoms with Gasteiger partial charge in [0.25, 0.3) is 5.91 Å². The Balaban J connectivity index is 1.50. The summed E-state index contributed by atoms with van der Waals surface area (Å²) in [7, 11) is 1.95. The van der Waals surface area contributed by atoms with Gasteiger partial charge in [-0.1, -0.05) is 12.1 Å². The summed E-state index contributed by atoms with van der Waals surface area (Å²) in [6.45, 7) is 1.44. The second kappa shape index (κ2) is 10.9. The molecule has 1 amide bonds. The van der Waals surface area contributed by atoms with Crippen molar-refractivity contribution in [1.29, 1.82) is 0 Å². The molecule has 0 saturated carbocycles. The van der Waals surface area contributed by atoms with E-state index >= 15 is 0 Å². The average Bonchev–Trinajstić information content (AvgIpc) is 3.26. The molecule has 1 fully saturated rings. The molecular weight excluding hydrogens is 476 g/mol. The zero-order valence-corrected chi connectivity index (χ0v) is 19.6. The van der Waals surface area contributed by atoms with Gasteiger partial charge in [-0.05, 0) is 68.4 Å². The van der Waals surface area contributed by atoms with Crippen molar-refractivity contribution in [2.45, 2.75) is 31.6 Å². The molecule has 2 aromatic carbocycles. The van der Waals surface area contributed by atoms with Crippen LogP contribution in [0.1, 0.15) is 34.3 Å². The molecule has 0 radical (unpaired) electrons. The van der Waals surface area contributed by atoms with Gasteiger partial charge in [0.05, 0.1) is 11.1 Å². The van der Waals surface area contributed by atoms with Crippen LogP contribution in [0.25, 0.3) is 0 Å². The number of pyridine rings is 1. The lowest BCUT2D eigenvalue weighted by Crippen LogP contribution is -2.30. The summed E-state index contributed by atoms with van der Waals surface area (Å²) in [6.07, 6.45) is -1.20. The lowest BCUT2D eigenvalue weighted by Gasteiger charge is -2.20. The lowest BCUT2D eigenvalue weighted by molar-refractivity contribution is -0.137. The number of rotatable bonds is 8. The standard InChI is InChI=1S/C26H26F4N4O2/c1-34-11-3-4-21(34)16-36-22-13-18(26(28,29)30)12-20(14-22)33-25(35)23-5-2-10-31-24(23)32-15-17-6-8-19(27)9-7-17/h2,5-10,12-14,21H,3-4,11,15-16H2,1H3,(H,31,32)(H,33,35)/t21-/m1/s1. The van der Waals surface area contributed by atoms with Crippen molar-refractivity contribution in [3.8, 4) is 5.75 Å². The predicted molar refractivity (Wildman–Crippen MR) is 129 cm³/mol. The summed E-state index contributed by atoms with van der Waals surface area (Å²) in [4.78, 5) is 19.3. The number of benzene rings is 2. The monoisotopic (exact) mass is 502 g/mol. The van der Waals surface area contributed by atoms with E-state index in [2.05, 4.69) is 20.5 Å². The quantitative estimate of drug-likeness (QED) is 0.394. The fourth-order valence-corrected chi connectivity index (χ4v) is 4.02. The number of nitrogens with zero attached hydrogens (tertiary/aromatic N) is 2. The molecule has 2 N–H and O–H groups in total. The number of aromatic nitrogens is 1. The number of hydrogen-bond acceptors (Lipinski definition) is 5. The fraction of sp³-hybridized carbons (Fsp3) is 0.308. The third-order valence-corrected chi connectivity index (χ3v) is 6.03. The van der Waals surface area contributed by atoms with Gasteiger partial charge in [-0.3, -0.25) is 4.79 Å². The van der Waals surface area contributed by atoms with E-state index in [0.29, 0.717) is 0 Å². The minimum Gasteiger partial charge on any atom is -0.492 e. The smallest absolute Gasteiger partial charge is 0.416 e. The number of anilines is 2. The molecule has 6 nitrogen and oxygen atoms in total. The topological polar surface area (TPSA) is 66.5 Å². The van der Waals surface area contributed by atoms with E-state index in [-0.39, 0.29) is 47.8 Å². The van der Waals surface area contributed by atoms with E-state index in [1.54, 1.807) is 18.2 Å². The Morgan fingerprint density at radius 2 is 1.94 bits per heavy atom. The van der Waals surface area contributed by atoms with Gasteiger partial charge in [0, 0.05) is 30.5 Å². The molecule has 1 saturated heterocycles. The van der Waals surface area contributed by atoms with Gasteiger partial charge in [-0.15, -0.1) is 0 Å². The molecule has 3 aromatic rings. The van der Waals surface area contributed by atoms with Crippen LogP contribution in [0.3, 0.4) is 0 Å². The summed E-state index contributed by atoms with van der Waals surface area (Å²) >= 11 is 0. The minimum absolute atomic E-state index is 0.0290. The molecule has 10 heteroatoms. The maximum atomic E-state index is 13.5. The van der Waals surface area contributed by atoms with Crippen molar-refractivity contribution in [3.63, 3.8) is 0 Å². The fourth-order valence-electron chi connectivity index (χ4n) is 4.02. The summed E-state index contributed by atoms with van der Waals surface area (Å²) in [5.74, 6) is -0.727. The van der Waals surface area contributed by atoms with Crippen molar-refractivity contribution in [1.82, 2.24) is 9.88 Å². The number of amides is 1. The van der Waals surface area contributed by atoms with Gasteiger partial charge in [-0.2, -0.15) is 13.2 Å². The minimum atomic E-state index is -4.61. The van der Waals surface area contributed by atoms with E-state index < -0.39 is 17.6 Å². The normalized spacial score (nSPS) is 16.1. The first kappa shape index (κ1) is 25.4. The van der Waals surface area contributed by atoms with Crippen molar-refractivity contribution < 1.29 is 27.1 Å². The van der Waals surface area contributed by atoms with Crippen molar-refractivity contribution >= 4 is 17.4 Å². The maximum absolute atomic E-state index is 13.5. The number of likely N-dealkylation sites (N-methyl/N-ethyl adjacent to an activating group) is 1. The third-order valence-electron chi connectivity index (χ3n) is 6.03. The molecule has 0 unspecified atom stereocenters. The summed E-state index contributed by atoms with van der Waals surface area (Å²) < 4.78 is 59.5. The number of alkyl halides is 3. The molecule has 4 rings (SSSR count). The van der Waals surface area contributed by atoms with Gasteiger partial charge in [-0.25, -0.2) is 9.37 Å². The van der Waals surface area contributed by atoms with Crippen LogP contribution in [0.2, 0.25) is 0 Å². The summed E-state index contributed by atoms with van der Waals surface area (Å²) in [5, 5.41) is 5.55. The van der Waals surface area contributed by atoms with Crippen LogP contribution in [0.4, 0.5) is 29.1 Å². The Labute approximate surface area is 206 Å². The second-order valence-electron chi connectivity index (χ2n) is 8.67. The van der Waals surface area contributed by atoms with Crippen LogP contribution in [-0.2, 0) is 12.7 Å². The highest BCUT2D eigenvalue weighted by Gasteiger charge is 2.32. The first-order valence-electron chi connectivity index (χ1n) is 11.5. The van der Waals surface area contributed by atoms with Gasteiger partial charge < -0.3 is 20.3 Å². The average molecular weight is 503 g/mol. The van der Waals surface area contributed by atoms with Crippen LogP contribution in [0.15, 0.2) is 60.8 Å². The summed E-state index contributed by atoms with van der Waals surface area (Å²) in [5.41, 5.74) is -0.0538. The number of likely N-dealkylation sites (tertiary alicyclic amines) is 1. The molecule has 2 heterocycles. The van der Waals surface area contributed by atoms with E-state index in [0.717, 1.165) is 37.1 Å². The number of carbonyl (C=O) groups is 1. The van der Waals surface area contributed by atoms with Crippen LogP contribution < -0.4 is 15.4 Å². The Hall–Kier alpha value is -3.66. The molecule has 190 valence electrons. The number of hydrogen-bond donors (Lipinski definition) is 2. The molecule has 36 heavy (non-hydrogen) atoms. The molecule has 1 aliphatic heterocycles. The van der Waals surface area contributed by atoms with Crippen molar-refractivity contribution in [3.05, 3.63) is 83.3 Å². The Morgan fingerprint density at radius 1 is 1.17 bits per heavy atom. The van der Waals surface area contributed by atoms with Crippen LogP contribution in [0.5, 0.6) is 5.75 Å². The zero-order chi connectivity index (χ0) is 25.7. The zero-order valence-electron chi connectivity index (χ0n) is 19.6. The molecular formula is C26H26F4N4O2. The van der Waals surface area contributed by atoms with Crippen LogP contribution >= 0.6 is 0 Å².